The molecule has 1 heterocycles. The van der Waals surface area contributed by atoms with Crippen LogP contribution in [0.3, 0.4) is 0 Å². The normalized spacial score (nSPS) is 21.7. The van der Waals surface area contributed by atoms with Crippen LogP contribution in [0.15, 0.2) is 24.3 Å². The van der Waals surface area contributed by atoms with E-state index in [2.05, 4.69) is 41.4 Å². The highest BCUT2D eigenvalue weighted by Crippen LogP contribution is 2.31. The Hall–Kier alpha value is -1.39. The first-order valence-corrected chi connectivity index (χ1v) is 8.84. The third-order valence-electron chi connectivity index (χ3n) is 5.39. The molecular weight excluding hydrogens is 288 g/mol. The van der Waals surface area contributed by atoms with Crippen LogP contribution in [-0.2, 0) is 11.3 Å². The van der Waals surface area contributed by atoms with Gasteiger partial charge in [0.2, 0.25) is 0 Å². The Morgan fingerprint density at radius 2 is 1.91 bits per heavy atom. The van der Waals surface area contributed by atoms with Crippen LogP contribution in [0.1, 0.15) is 43.2 Å². The number of aryl methyl sites for hydroxylation is 1. The molecule has 4 nitrogen and oxygen atoms in total. The first-order chi connectivity index (χ1) is 11.0. The maximum atomic E-state index is 12.0. The van der Waals surface area contributed by atoms with Gasteiger partial charge < -0.3 is 10.4 Å². The van der Waals surface area contributed by atoms with Crippen molar-refractivity contribution in [3.8, 4) is 0 Å². The topological polar surface area (TPSA) is 52.6 Å². The number of carbonyl (C=O) groups excluding carboxylic acids is 1. The molecule has 23 heavy (non-hydrogen) atoms. The average Bonchev–Trinajstić information content (AvgIpc) is 2.54. The van der Waals surface area contributed by atoms with Gasteiger partial charge in [-0.25, -0.2) is 0 Å². The van der Waals surface area contributed by atoms with Crippen molar-refractivity contribution in [1.29, 1.82) is 0 Å². The quantitative estimate of drug-likeness (QED) is 0.876. The fourth-order valence-electron chi connectivity index (χ4n) is 3.44. The molecule has 0 atom stereocenters. The van der Waals surface area contributed by atoms with Crippen molar-refractivity contribution in [2.24, 2.45) is 5.92 Å². The predicted molar refractivity (Wildman–Crippen MR) is 91.0 cm³/mol. The first-order valence-electron chi connectivity index (χ1n) is 8.84. The Morgan fingerprint density at radius 1 is 1.26 bits per heavy atom. The monoisotopic (exact) mass is 316 g/mol. The molecule has 1 saturated heterocycles. The van der Waals surface area contributed by atoms with Crippen LogP contribution in [0.4, 0.5) is 0 Å². The van der Waals surface area contributed by atoms with E-state index in [4.69, 9.17) is 0 Å². The van der Waals surface area contributed by atoms with Crippen LogP contribution >= 0.6 is 0 Å². The molecular formula is C19H28N2O2. The molecule has 1 aliphatic carbocycles. The summed E-state index contributed by atoms with van der Waals surface area (Å²) in [5.74, 6) is 0.378. The highest BCUT2D eigenvalue weighted by Gasteiger charge is 2.41. The standard InChI is InChI=1S/C19H28N2O2/c1-15-3-5-17(6-4-15)14-21-11-7-16(8-12-21)13-20-18(22)19(23)9-2-10-19/h3-6,16,23H,2,7-14H2,1H3,(H,20,22). The molecule has 0 radical (unpaired) electrons. The fourth-order valence-corrected chi connectivity index (χ4v) is 3.44. The second kappa shape index (κ2) is 7.02. The highest BCUT2D eigenvalue weighted by atomic mass is 16.3. The van der Waals surface area contributed by atoms with Crippen LogP contribution in [0.2, 0.25) is 0 Å². The summed E-state index contributed by atoms with van der Waals surface area (Å²) in [7, 11) is 0. The molecule has 0 aromatic heterocycles. The summed E-state index contributed by atoms with van der Waals surface area (Å²) in [5.41, 5.74) is 1.61. The molecule has 2 N–H and O–H groups in total. The van der Waals surface area contributed by atoms with E-state index in [1.165, 1.54) is 11.1 Å². The summed E-state index contributed by atoms with van der Waals surface area (Å²) >= 11 is 0. The number of hydrogen-bond acceptors (Lipinski definition) is 3. The molecule has 1 aliphatic heterocycles. The van der Waals surface area contributed by atoms with Crippen LogP contribution < -0.4 is 5.32 Å². The van der Waals surface area contributed by atoms with Gasteiger partial charge in [0.15, 0.2) is 0 Å². The van der Waals surface area contributed by atoms with Crippen LogP contribution in [-0.4, -0.2) is 41.1 Å². The van der Waals surface area contributed by atoms with E-state index in [0.717, 1.165) is 38.9 Å². The molecule has 2 aliphatic rings. The Labute approximate surface area is 138 Å². The highest BCUT2D eigenvalue weighted by molar-refractivity contribution is 5.85. The molecule has 2 fully saturated rings. The van der Waals surface area contributed by atoms with Crippen molar-refractivity contribution in [3.05, 3.63) is 35.4 Å². The van der Waals surface area contributed by atoms with Gasteiger partial charge in [-0.1, -0.05) is 29.8 Å². The smallest absolute Gasteiger partial charge is 0.251 e. The van der Waals surface area contributed by atoms with Crippen molar-refractivity contribution in [2.45, 2.75) is 51.2 Å². The van der Waals surface area contributed by atoms with E-state index in [0.29, 0.717) is 25.3 Å². The second-order valence-electron chi connectivity index (χ2n) is 7.30. The first kappa shape index (κ1) is 16.5. The van der Waals surface area contributed by atoms with Crippen LogP contribution in [0, 0.1) is 12.8 Å². The van der Waals surface area contributed by atoms with Gasteiger partial charge in [-0.05, 0) is 63.6 Å². The van der Waals surface area contributed by atoms with E-state index in [1.54, 1.807) is 0 Å². The average molecular weight is 316 g/mol. The number of benzene rings is 1. The van der Waals surface area contributed by atoms with Gasteiger partial charge in [0.25, 0.3) is 5.91 Å². The van der Waals surface area contributed by atoms with Gasteiger partial charge in [-0.2, -0.15) is 0 Å². The van der Waals surface area contributed by atoms with Crippen molar-refractivity contribution in [1.82, 2.24) is 10.2 Å². The molecule has 126 valence electrons. The summed E-state index contributed by atoms with van der Waals surface area (Å²) < 4.78 is 0. The Bertz CT molecular complexity index is 529. The number of rotatable bonds is 5. The number of amides is 1. The summed E-state index contributed by atoms with van der Waals surface area (Å²) in [5, 5.41) is 13.0. The van der Waals surface area contributed by atoms with Gasteiger partial charge in [-0.15, -0.1) is 0 Å². The van der Waals surface area contributed by atoms with Crippen molar-refractivity contribution in [2.75, 3.05) is 19.6 Å². The Kier molecular flexibility index (Phi) is 5.02. The number of aliphatic hydroxyl groups is 1. The fraction of sp³-hybridized carbons (Fsp3) is 0.632. The van der Waals surface area contributed by atoms with Crippen LogP contribution in [0.5, 0.6) is 0 Å². The van der Waals surface area contributed by atoms with Crippen LogP contribution in [0.25, 0.3) is 0 Å². The number of piperidine rings is 1. The lowest BCUT2D eigenvalue weighted by atomic mass is 9.79. The minimum Gasteiger partial charge on any atom is -0.380 e. The predicted octanol–water partition coefficient (Wildman–Crippen LogP) is 2.24. The van der Waals surface area contributed by atoms with Crippen molar-refractivity contribution in [3.63, 3.8) is 0 Å². The van der Waals surface area contributed by atoms with E-state index in [1.807, 2.05) is 0 Å². The lowest BCUT2D eigenvalue weighted by molar-refractivity contribution is -0.148. The van der Waals surface area contributed by atoms with Crippen molar-refractivity contribution >= 4 is 5.91 Å². The zero-order chi connectivity index (χ0) is 16.3. The molecule has 0 spiro atoms. The number of carbonyl (C=O) groups is 1. The molecule has 1 saturated carbocycles. The third kappa shape index (κ3) is 4.12. The molecule has 3 rings (SSSR count). The summed E-state index contributed by atoms with van der Waals surface area (Å²) in [6.45, 7) is 6.00. The van der Waals surface area contributed by atoms with Gasteiger partial charge in [0.1, 0.15) is 5.60 Å². The van der Waals surface area contributed by atoms with Gasteiger partial charge in [-0.3, -0.25) is 9.69 Å². The lowest BCUT2D eigenvalue weighted by Crippen LogP contribution is -2.52. The molecule has 4 heteroatoms. The molecule has 1 aromatic rings. The minimum atomic E-state index is -1.06. The number of hydrogen-bond donors (Lipinski definition) is 2. The number of likely N-dealkylation sites (tertiary alicyclic amines) is 1. The zero-order valence-electron chi connectivity index (χ0n) is 14.1. The summed E-state index contributed by atoms with van der Waals surface area (Å²) in [4.78, 5) is 14.4. The Balaban J connectivity index is 1.38. The van der Waals surface area contributed by atoms with Gasteiger partial charge in [0, 0.05) is 13.1 Å². The third-order valence-corrected chi connectivity index (χ3v) is 5.39. The summed E-state index contributed by atoms with van der Waals surface area (Å²) in [6, 6.07) is 8.76. The molecule has 0 unspecified atom stereocenters. The maximum Gasteiger partial charge on any atom is 0.251 e. The van der Waals surface area contributed by atoms with Gasteiger partial charge >= 0.3 is 0 Å². The largest absolute Gasteiger partial charge is 0.380 e. The Morgan fingerprint density at radius 3 is 2.48 bits per heavy atom. The maximum absolute atomic E-state index is 12.0. The SMILES string of the molecule is Cc1ccc(CN2CCC(CNC(=O)C3(O)CCC3)CC2)cc1. The number of nitrogens with zero attached hydrogens (tertiary/aromatic N) is 1. The molecule has 1 amide bonds. The zero-order valence-corrected chi connectivity index (χ0v) is 14.1. The van der Waals surface area contributed by atoms with E-state index < -0.39 is 5.60 Å². The van der Waals surface area contributed by atoms with E-state index in [-0.39, 0.29) is 5.91 Å². The minimum absolute atomic E-state index is 0.161. The van der Waals surface area contributed by atoms with Gasteiger partial charge in [0.05, 0.1) is 0 Å². The molecule has 0 bridgehead atoms. The second-order valence-corrected chi connectivity index (χ2v) is 7.30. The summed E-state index contributed by atoms with van der Waals surface area (Å²) in [6.07, 6.45) is 4.43. The van der Waals surface area contributed by atoms with Crippen molar-refractivity contribution < 1.29 is 9.90 Å². The lowest BCUT2D eigenvalue weighted by Gasteiger charge is -2.36. The van der Waals surface area contributed by atoms with E-state index >= 15 is 0 Å². The molecule has 1 aromatic carbocycles. The van der Waals surface area contributed by atoms with E-state index in [9.17, 15) is 9.90 Å². The number of nitrogens with one attached hydrogen (secondary N) is 1.